The number of unbranched alkanes of at least 4 members (excludes halogenated alkanes) is 1. The molecule has 2 atom stereocenters. The van der Waals surface area contributed by atoms with Gasteiger partial charge in [0.15, 0.2) is 11.5 Å². The van der Waals surface area contributed by atoms with E-state index in [1.165, 1.54) is 5.56 Å². The maximum absolute atomic E-state index is 12.4. The van der Waals surface area contributed by atoms with Crippen LogP contribution in [0.1, 0.15) is 25.3 Å². The number of rotatable bonds is 7. The van der Waals surface area contributed by atoms with Gasteiger partial charge in [0.05, 0.1) is 6.61 Å². The lowest BCUT2D eigenvalue weighted by Crippen LogP contribution is -2.49. The molecular weight excluding hydrogens is 330 g/mol. The highest BCUT2D eigenvalue weighted by atomic mass is 16.6. The summed E-state index contributed by atoms with van der Waals surface area (Å²) in [6, 6.07) is 15.4. The van der Waals surface area contributed by atoms with Crippen LogP contribution < -0.4 is 19.5 Å². The first-order chi connectivity index (χ1) is 12.6. The quantitative estimate of drug-likeness (QED) is 0.773. The highest BCUT2D eigenvalue weighted by Crippen LogP contribution is 2.33. The first-order valence-electron chi connectivity index (χ1n) is 9.03. The predicted octanol–water partition coefficient (Wildman–Crippen LogP) is 3.50. The van der Waals surface area contributed by atoms with E-state index < -0.39 is 6.10 Å². The molecule has 1 heterocycles. The summed E-state index contributed by atoms with van der Waals surface area (Å²) in [6.07, 6.45) is 0.758. The number of carbonyl (C=O) groups is 1. The number of para-hydroxylation sites is 2. The zero-order chi connectivity index (χ0) is 18.4. The van der Waals surface area contributed by atoms with E-state index in [4.69, 9.17) is 14.2 Å². The van der Waals surface area contributed by atoms with E-state index in [0.29, 0.717) is 24.7 Å². The number of fused-ring (bicyclic) bond motifs is 1. The molecule has 3 rings (SSSR count). The molecule has 0 aromatic heterocycles. The minimum Gasteiger partial charge on any atom is -0.494 e. The lowest BCUT2D eigenvalue weighted by molar-refractivity contribution is -0.133. The monoisotopic (exact) mass is 355 g/mol. The largest absolute Gasteiger partial charge is 0.494 e. The summed E-state index contributed by atoms with van der Waals surface area (Å²) in [4.78, 5) is 12.4. The van der Waals surface area contributed by atoms with Crippen LogP contribution in [0.4, 0.5) is 0 Å². The average Bonchev–Trinajstić information content (AvgIpc) is 2.65. The van der Waals surface area contributed by atoms with Gasteiger partial charge in [-0.25, -0.2) is 0 Å². The normalized spacial score (nSPS) is 18.2. The average molecular weight is 355 g/mol. The van der Waals surface area contributed by atoms with Gasteiger partial charge in [-0.1, -0.05) is 29.8 Å². The van der Waals surface area contributed by atoms with Crippen LogP contribution in [0.25, 0.3) is 0 Å². The Morgan fingerprint density at radius 2 is 1.73 bits per heavy atom. The maximum Gasteiger partial charge on any atom is 0.265 e. The summed E-state index contributed by atoms with van der Waals surface area (Å²) in [5.74, 6) is 2.01. The van der Waals surface area contributed by atoms with E-state index >= 15 is 0 Å². The fraction of sp³-hybridized carbons (Fsp3) is 0.381. The molecule has 0 aliphatic carbocycles. The van der Waals surface area contributed by atoms with Crippen molar-refractivity contribution in [2.45, 2.75) is 38.9 Å². The van der Waals surface area contributed by atoms with Crippen LogP contribution in [0.2, 0.25) is 0 Å². The van der Waals surface area contributed by atoms with Crippen molar-refractivity contribution < 1.29 is 19.0 Å². The van der Waals surface area contributed by atoms with Gasteiger partial charge in [0.2, 0.25) is 6.10 Å². The number of ether oxygens (including phenoxy) is 3. The van der Waals surface area contributed by atoms with E-state index in [-0.39, 0.29) is 12.0 Å². The molecule has 5 nitrogen and oxygen atoms in total. The molecule has 0 fully saturated rings. The topological polar surface area (TPSA) is 56.8 Å². The number of benzene rings is 2. The minimum absolute atomic E-state index is 0.147. The number of carbonyl (C=O) groups excluding carboxylic acids is 1. The lowest BCUT2D eigenvalue weighted by Gasteiger charge is -2.31. The molecule has 0 radical (unpaired) electrons. The summed E-state index contributed by atoms with van der Waals surface area (Å²) in [5, 5.41) is 2.92. The molecule has 138 valence electrons. The molecule has 0 bridgehead atoms. The zero-order valence-electron chi connectivity index (χ0n) is 15.2. The third-order valence-electron chi connectivity index (χ3n) is 4.26. The Morgan fingerprint density at radius 1 is 1.04 bits per heavy atom. The van der Waals surface area contributed by atoms with Crippen molar-refractivity contribution in [1.82, 2.24) is 5.32 Å². The first kappa shape index (κ1) is 18.1. The van der Waals surface area contributed by atoms with Crippen molar-refractivity contribution in [3.05, 3.63) is 54.1 Å². The lowest BCUT2D eigenvalue weighted by atomic mass is 10.1. The standard InChI is InChI=1S/C21H25NO4/c1-15-9-11-17(12-10-15)24-14-6-5-13-22-21(23)20-16(2)25-18-7-3-4-8-19(18)26-20/h3-4,7-12,16,20H,5-6,13-14H2,1-2H3,(H,22,23). The molecule has 1 amide bonds. The molecule has 2 aromatic carbocycles. The smallest absolute Gasteiger partial charge is 0.265 e. The second kappa shape index (κ2) is 8.61. The van der Waals surface area contributed by atoms with E-state index in [2.05, 4.69) is 5.32 Å². The molecule has 2 unspecified atom stereocenters. The summed E-state index contributed by atoms with van der Waals surface area (Å²) >= 11 is 0. The van der Waals surface area contributed by atoms with Gasteiger partial charge >= 0.3 is 0 Å². The van der Waals surface area contributed by atoms with Crippen molar-refractivity contribution in [2.24, 2.45) is 0 Å². The Hall–Kier alpha value is -2.69. The van der Waals surface area contributed by atoms with Crippen LogP contribution in [0.5, 0.6) is 17.2 Å². The number of hydrogen-bond acceptors (Lipinski definition) is 4. The van der Waals surface area contributed by atoms with E-state index in [1.54, 1.807) is 0 Å². The Balaban J connectivity index is 1.36. The van der Waals surface area contributed by atoms with E-state index in [9.17, 15) is 4.79 Å². The Morgan fingerprint density at radius 3 is 2.46 bits per heavy atom. The predicted molar refractivity (Wildman–Crippen MR) is 99.9 cm³/mol. The van der Waals surface area contributed by atoms with Gasteiger partial charge in [0, 0.05) is 6.54 Å². The first-order valence-corrected chi connectivity index (χ1v) is 9.03. The number of hydrogen-bond donors (Lipinski definition) is 1. The fourth-order valence-corrected chi connectivity index (χ4v) is 2.77. The molecule has 0 saturated carbocycles. The van der Waals surface area contributed by atoms with Gasteiger partial charge in [-0.15, -0.1) is 0 Å². The van der Waals surface area contributed by atoms with Gasteiger partial charge in [-0.2, -0.15) is 0 Å². The molecule has 0 spiro atoms. The molecule has 0 saturated heterocycles. The van der Waals surface area contributed by atoms with Gasteiger partial charge in [0.25, 0.3) is 5.91 Å². The second-order valence-corrected chi connectivity index (χ2v) is 6.47. The van der Waals surface area contributed by atoms with Crippen molar-refractivity contribution in [2.75, 3.05) is 13.2 Å². The third-order valence-corrected chi connectivity index (χ3v) is 4.26. The molecule has 5 heteroatoms. The van der Waals surface area contributed by atoms with Crippen molar-refractivity contribution in [3.8, 4) is 17.2 Å². The van der Waals surface area contributed by atoms with Gasteiger partial charge in [0.1, 0.15) is 11.9 Å². The van der Waals surface area contributed by atoms with Crippen LogP contribution in [0.15, 0.2) is 48.5 Å². The highest BCUT2D eigenvalue weighted by molar-refractivity contribution is 5.82. The Bertz CT molecular complexity index is 729. The summed E-state index contributed by atoms with van der Waals surface area (Å²) < 4.78 is 17.2. The molecule has 26 heavy (non-hydrogen) atoms. The van der Waals surface area contributed by atoms with Crippen molar-refractivity contribution in [3.63, 3.8) is 0 Å². The van der Waals surface area contributed by atoms with E-state index in [1.807, 2.05) is 62.4 Å². The van der Waals surface area contributed by atoms with E-state index in [0.717, 1.165) is 18.6 Å². The molecule has 1 N–H and O–H groups in total. The van der Waals surface area contributed by atoms with Gasteiger partial charge in [-0.05, 0) is 51.0 Å². The molecular formula is C21H25NO4. The number of nitrogens with one attached hydrogen (secondary N) is 1. The Kier molecular flexibility index (Phi) is 6.00. The maximum atomic E-state index is 12.4. The fourth-order valence-electron chi connectivity index (χ4n) is 2.77. The van der Waals surface area contributed by atoms with Gasteiger partial charge in [-0.3, -0.25) is 4.79 Å². The second-order valence-electron chi connectivity index (χ2n) is 6.47. The minimum atomic E-state index is -0.631. The number of aryl methyl sites for hydroxylation is 1. The zero-order valence-corrected chi connectivity index (χ0v) is 15.2. The number of amides is 1. The van der Waals surface area contributed by atoms with Crippen molar-refractivity contribution >= 4 is 5.91 Å². The molecule has 1 aliphatic rings. The van der Waals surface area contributed by atoms with Crippen LogP contribution in [0, 0.1) is 6.92 Å². The van der Waals surface area contributed by atoms with Crippen LogP contribution >= 0.6 is 0 Å². The molecule has 2 aromatic rings. The summed E-state index contributed by atoms with van der Waals surface area (Å²) in [5.41, 5.74) is 1.21. The highest BCUT2D eigenvalue weighted by Gasteiger charge is 2.33. The van der Waals surface area contributed by atoms with Crippen molar-refractivity contribution in [1.29, 1.82) is 0 Å². The SMILES string of the molecule is Cc1ccc(OCCCCNC(=O)C2Oc3ccccc3OC2C)cc1. The molecule has 1 aliphatic heterocycles. The van der Waals surface area contributed by atoms with Crippen LogP contribution in [-0.2, 0) is 4.79 Å². The van der Waals surface area contributed by atoms with Gasteiger partial charge < -0.3 is 19.5 Å². The summed E-state index contributed by atoms with van der Waals surface area (Å²) in [6.45, 7) is 5.11. The van der Waals surface area contributed by atoms with Crippen LogP contribution in [0.3, 0.4) is 0 Å². The summed E-state index contributed by atoms with van der Waals surface area (Å²) in [7, 11) is 0. The Labute approximate surface area is 154 Å². The third kappa shape index (κ3) is 4.69. The van der Waals surface area contributed by atoms with Crippen LogP contribution in [-0.4, -0.2) is 31.3 Å².